The molecule has 2 heterocycles. The third-order valence-electron chi connectivity index (χ3n) is 2.58. The molecule has 0 aliphatic carbocycles. The molecule has 2 rings (SSSR count). The molecule has 2 aromatic heterocycles. The summed E-state index contributed by atoms with van der Waals surface area (Å²) >= 11 is 1.75. The number of hydrogen-bond donors (Lipinski definition) is 2. The number of nitrogens with two attached hydrogens (primary N) is 1. The van der Waals surface area contributed by atoms with Crippen LogP contribution in [-0.4, -0.2) is 4.98 Å². The van der Waals surface area contributed by atoms with Crippen LogP contribution in [0.1, 0.15) is 28.4 Å². The molecule has 3 N–H and O–H groups in total. The van der Waals surface area contributed by atoms with Crippen molar-refractivity contribution in [3.05, 3.63) is 39.7 Å². The summed E-state index contributed by atoms with van der Waals surface area (Å²) in [7, 11) is 0. The summed E-state index contributed by atoms with van der Waals surface area (Å²) in [5.74, 6) is 0.666. The van der Waals surface area contributed by atoms with Crippen molar-refractivity contribution in [1.29, 1.82) is 5.26 Å². The van der Waals surface area contributed by atoms with Gasteiger partial charge in [0.1, 0.15) is 11.9 Å². The van der Waals surface area contributed by atoms with Crippen molar-refractivity contribution in [1.82, 2.24) is 4.98 Å². The van der Waals surface area contributed by atoms with E-state index in [2.05, 4.69) is 36.3 Å². The molecule has 2 aromatic rings. The fourth-order valence-electron chi connectivity index (χ4n) is 1.62. The molecule has 1 unspecified atom stereocenters. The maximum atomic E-state index is 8.88. The smallest absolute Gasteiger partial charge is 0.165 e. The number of pyridine rings is 1. The number of thiophene rings is 1. The second-order valence-electron chi connectivity index (χ2n) is 4.06. The quantitative estimate of drug-likeness (QED) is 0.887. The molecule has 0 spiro atoms. The molecule has 0 fully saturated rings. The molecular weight excluding hydrogens is 244 g/mol. The highest BCUT2D eigenvalue weighted by atomic mass is 32.1. The van der Waals surface area contributed by atoms with E-state index in [9.17, 15) is 0 Å². The normalized spacial score (nSPS) is 11.8. The van der Waals surface area contributed by atoms with Crippen molar-refractivity contribution in [3.63, 3.8) is 0 Å². The van der Waals surface area contributed by atoms with Crippen LogP contribution in [0.15, 0.2) is 24.3 Å². The lowest BCUT2D eigenvalue weighted by atomic mass is 10.2. The van der Waals surface area contributed by atoms with Crippen molar-refractivity contribution < 1.29 is 0 Å². The summed E-state index contributed by atoms with van der Waals surface area (Å²) in [6.07, 6.45) is 0. The van der Waals surface area contributed by atoms with E-state index in [-0.39, 0.29) is 11.7 Å². The largest absolute Gasteiger partial charge is 0.396 e. The van der Waals surface area contributed by atoms with Gasteiger partial charge in [-0.15, -0.1) is 11.3 Å². The number of nitrogens with one attached hydrogen (secondary N) is 1. The van der Waals surface area contributed by atoms with E-state index < -0.39 is 0 Å². The second-order valence-corrected chi connectivity index (χ2v) is 5.38. The van der Waals surface area contributed by atoms with Gasteiger partial charge in [-0.25, -0.2) is 4.98 Å². The Balaban J connectivity index is 2.17. The minimum atomic E-state index is 0.159. The zero-order chi connectivity index (χ0) is 13.1. The van der Waals surface area contributed by atoms with Crippen LogP contribution in [0.2, 0.25) is 0 Å². The number of hydrogen-bond acceptors (Lipinski definition) is 5. The molecule has 0 bridgehead atoms. The Morgan fingerprint density at radius 2 is 2.17 bits per heavy atom. The van der Waals surface area contributed by atoms with Gasteiger partial charge in [0.05, 0.1) is 11.7 Å². The van der Waals surface area contributed by atoms with Crippen molar-refractivity contribution in [2.75, 3.05) is 11.1 Å². The summed E-state index contributed by atoms with van der Waals surface area (Å²) in [5, 5.41) is 12.1. The molecular formula is C13H14N4S. The van der Waals surface area contributed by atoms with Gasteiger partial charge in [-0.2, -0.15) is 5.26 Å². The number of nitrogens with zero attached hydrogens (tertiary/aromatic N) is 2. The third kappa shape index (κ3) is 2.60. The number of nitriles is 1. The van der Waals surface area contributed by atoms with Crippen LogP contribution in [0.4, 0.5) is 11.5 Å². The average Bonchev–Trinajstić information content (AvgIpc) is 2.78. The first-order valence-electron chi connectivity index (χ1n) is 5.59. The molecule has 0 aliphatic heterocycles. The molecule has 18 heavy (non-hydrogen) atoms. The van der Waals surface area contributed by atoms with Crippen molar-refractivity contribution in [2.45, 2.75) is 19.9 Å². The lowest BCUT2D eigenvalue weighted by molar-refractivity contribution is 0.896. The number of aromatic nitrogens is 1. The highest BCUT2D eigenvalue weighted by Crippen LogP contribution is 2.25. The molecule has 0 amide bonds. The molecule has 0 radical (unpaired) electrons. The SMILES string of the molecule is Cc1ccc(C(C)Nc2ccc(N)c(C#N)n2)s1. The lowest BCUT2D eigenvalue weighted by Crippen LogP contribution is -2.07. The molecule has 0 saturated heterocycles. The van der Waals surface area contributed by atoms with Crippen molar-refractivity contribution in [3.8, 4) is 6.07 Å². The molecule has 5 heteroatoms. The Morgan fingerprint density at radius 3 is 2.78 bits per heavy atom. The van der Waals surface area contributed by atoms with Gasteiger partial charge in [0.15, 0.2) is 5.69 Å². The standard InChI is InChI=1S/C13H14N4S/c1-8-3-5-12(18-8)9(2)16-13-6-4-10(15)11(7-14)17-13/h3-6,9H,15H2,1-2H3,(H,16,17). The summed E-state index contributed by atoms with van der Waals surface area (Å²) in [4.78, 5) is 6.69. The van der Waals surface area contributed by atoms with E-state index in [1.807, 2.05) is 6.07 Å². The zero-order valence-electron chi connectivity index (χ0n) is 10.3. The Labute approximate surface area is 110 Å². The maximum absolute atomic E-state index is 8.88. The van der Waals surface area contributed by atoms with E-state index >= 15 is 0 Å². The van der Waals surface area contributed by atoms with E-state index in [1.54, 1.807) is 23.5 Å². The van der Waals surface area contributed by atoms with Gasteiger partial charge in [-0.3, -0.25) is 0 Å². The molecule has 0 aromatic carbocycles. The van der Waals surface area contributed by atoms with Crippen LogP contribution in [0, 0.1) is 18.3 Å². The highest BCUT2D eigenvalue weighted by Gasteiger charge is 2.09. The first kappa shape index (κ1) is 12.4. The molecule has 4 nitrogen and oxygen atoms in total. The molecule has 0 saturated carbocycles. The highest BCUT2D eigenvalue weighted by molar-refractivity contribution is 7.12. The fraction of sp³-hybridized carbons (Fsp3) is 0.231. The van der Waals surface area contributed by atoms with Gasteiger partial charge in [-0.05, 0) is 38.1 Å². The Kier molecular flexibility index (Phi) is 3.49. The van der Waals surface area contributed by atoms with Gasteiger partial charge >= 0.3 is 0 Å². The Hall–Kier alpha value is -2.06. The van der Waals surface area contributed by atoms with Crippen LogP contribution in [0.3, 0.4) is 0 Å². The Morgan fingerprint density at radius 1 is 1.39 bits per heavy atom. The topological polar surface area (TPSA) is 74.7 Å². The van der Waals surface area contributed by atoms with E-state index in [4.69, 9.17) is 11.0 Å². The zero-order valence-corrected chi connectivity index (χ0v) is 11.1. The molecule has 1 atom stereocenters. The molecule has 0 aliphatic rings. The van der Waals surface area contributed by atoms with Gasteiger partial charge in [0.25, 0.3) is 0 Å². The van der Waals surface area contributed by atoms with Gasteiger partial charge < -0.3 is 11.1 Å². The predicted molar refractivity (Wildman–Crippen MR) is 74.5 cm³/mol. The van der Waals surface area contributed by atoms with Gasteiger partial charge in [-0.1, -0.05) is 0 Å². The monoisotopic (exact) mass is 258 g/mol. The van der Waals surface area contributed by atoms with Crippen LogP contribution in [0.5, 0.6) is 0 Å². The van der Waals surface area contributed by atoms with E-state index in [0.29, 0.717) is 11.5 Å². The van der Waals surface area contributed by atoms with Crippen LogP contribution in [0.25, 0.3) is 0 Å². The minimum absolute atomic E-state index is 0.159. The van der Waals surface area contributed by atoms with Crippen molar-refractivity contribution >= 4 is 22.8 Å². The molecule has 92 valence electrons. The average molecular weight is 258 g/mol. The third-order valence-corrected chi connectivity index (χ3v) is 3.77. The number of nitrogen functional groups attached to an aromatic ring is 1. The number of rotatable bonds is 3. The fourth-order valence-corrected chi connectivity index (χ4v) is 2.50. The minimum Gasteiger partial charge on any atom is -0.396 e. The van der Waals surface area contributed by atoms with Crippen LogP contribution < -0.4 is 11.1 Å². The number of aryl methyl sites for hydroxylation is 1. The van der Waals surface area contributed by atoms with Gasteiger partial charge in [0, 0.05) is 9.75 Å². The van der Waals surface area contributed by atoms with Gasteiger partial charge in [0.2, 0.25) is 0 Å². The Bertz CT molecular complexity index is 597. The summed E-state index contributed by atoms with van der Waals surface area (Å²) in [5.41, 5.74) is 6.30. The first-order valence-corrected chi connectivity index (χ1v) is 6.41. The first-order chi connectivity index (χ1) is 8.60. The second kappa shape index (κ2) is 5.07. The van der Waals surface area contributed by atoms with E-state index in [1.165, 1.54) is 9.75 Å². The van der Waals surface area contributed by atoms with Crippen LogP contribution in [-0.2, 0) is 0 Å². The van der Waals surface area contributed by atoms with E-state index in [0.717, 1.165) is 0 Å². The van der Waals surface area contributed by atoms with Crippen molar-refractivity contribution in [2.24, 2.45) is 0 Å². The van der Waals surface area contributed by atoms with Crippen LogP contribution >= 0.6 is 11.3 Å². The summed E-state index contributed by atoms with van der Waals surface area (Å²) < 4.78 is 0. The predicted octanol–water partition coefficient (Wildman–Crippen LogP) is 3.08. The number of anilines is 2. The maximum Gasteiger partial charge on any atom is 0.165 e. The summed E-state index contributed by atoms with van der Waals surface area (Å²) in [6, 6.07) is 9.81. The lowest BCUT2D eigenvalue weighted by Gasteiger charge is -2.13. The summed E-state index contributed by atoms with van der Waals surface area (Å²) in [6.45, 7) is 4.14.